The molecule has 1 N–H and O–H groups in total. The second kappa shape index (κ2) is 7.76. The van der Waals surface area contributed by atoms with Crippen molar-refractivity contribution in [3.05, 3.63) is 75.7 Å². The van der Waals surface area contributed by atoms with E-state index in [1.807, 2.05) is 0 Å². The van der Waals surface area contributed by atoms with Gasteiger partial charge < -0.3 is 5.32 Å². The minimum absolute atomic E-state index is 0.0259. The maximum absolute atomic E-state index is 13.8. The highest BCUT2D eigenvalue weighted by Gasteiger charge is 2.36. The van der Waals surface area contributed by atoms with Crippen molar-refractivity contribution in [3.8, 4) is 0 Å². The highest BCUT2D eigenvalue weighted by molar-refractivity contribution is 9.10. The lowest BCUT2D eigenvalue weighted by Crippen LogP contribution is -2.15. The van der Waals surface area contributed by atoms with Gasteiger partial charge in [-0.2, -0.15) is 23.4 Å². The number of anilines is 1. The van der Waals surface area contributed by atoms with Gasteiger partial charge in [0.15, 0.2) is 11.3 Å². The van der Waals surface area contributed by atoms with Gasteiger partial charge in [0.2, 0.25) is 0 Å². The molecular weight excluding hydrogens is 484 g/mol. The summed E-state index contributed by atoms with van der Waals surface area (Å²) in [5.74, 6) is -1.14. The molecule has 0 spiro atoms. The van der Waals surface area contributed by atoms with Crippen LogP contribution in [0.5, 0.6) is 0 Å². The number of nitrogens with one attached hydrogen (secondary N) is 1. The first-order valence-electron chi connectivity index (χ1n) is 8.84. The van der Waals surface area contributed by atoms with Gasteiger partial charge >= 0.3 is 6.18 Å². The number of fused-ring (bicyclic) bond motifs is 1. The fourth-order valence-corrected chi connectivity index (χ4v) is 3.48. The number of rotatable bonds is 4. The Labute approximate surface area is 180 Å². The van der Waals surface area contributed by atoms with Crippen LogP contribution in [-0.4, -0.2) is 30.3 Å². The molecule has 4 rings (SSSR count). The highest BCUT2D eigenvalue weighted by atomic mass is 79.9. The van der Waals surface area contributed by atoms with E-state index in [0.29, 0.717) is 10.1 Å². The minimum atomic E-state index is -4.68. The van der Waals surface area contributed by atoms with Gasteiger partial charge in [0.1, 0.15) is 11.5 Å². The third-order valence-electron chi connectivity index (χ3n) is 4.35. The van der Waals surface area contributed by atoms with Crippen molar-refractivity contribution in [1.82, 2.24) is 24.4 Å². The summed E-state index contributed by atoms with van der Waals surface area (Å²) in [6, 6.07) is 7.04. The average molecular weight is 497 g/mol. The largest absolute Gasteiger partial charge is 0.433 e. The lowest BCUT2D eigenvalue weighted by Gasteiger charge is -2.09. The molecule has 3 heterocycles. The number of benzene rings is 1. The number of alkyl halides is 3. The van der Waals surface area contributed by atoms with Crippen LogP contribution in [0, 0.1) is 12.7 Å². The predicted octanol–water partition coefficient (Wildman–Crippen LogP) is 4.46. The molecule has 31 heavy (non-hydrogen) atoms. The number of hydrogen-bond donors (Lipinski definition) is 1. The molecule has 0 aliphatic heterocycles. The molecule has 0 saturated heterocycles. The Hall–Kier alpha value is -3.28. The van der Waals surface area contributed by atoms with Gasteiger partial charge in [-0.3, -0.25) is 9.48 Å². The first-order chi connectivity index (χ1) is 14.6. The Bertz CT molecular complexity index is 1300. The average Bonchev–Trinajstić information content (AvgIpc) is 3.27. The third-order valence-corrected chi connectivity index (χ3v) is 5.08. The van der Waals surface area contributed by atoms with Gasteiger partial charge in [0, 0.05) is 17.5 Å². The van der Waals surface area contributed by atoms with Crippen molar-refractivity contribution in [2.45, 2.75) is 19.6 Å². The van der Waals surface area contributed by atoms with E-state index in [0.717, 1.165) is 6.07 Å². The Kier molecular flexibility index (Phi) is 5.25. The van der Waals surface area contributed by atoms with Gasteiger partial charge in [-0.15, -0.1) is 0 Å². The summed E-state index contributed by atoms with van der Waals surface area (Å²) in [5, 5.41) is 10.4. The van der Waals surface area contributed by atoms with Crippen LogP contribution < -0.4 is 5.32 Å². The number of carbonyl (C=O) groups is 1. The van der Waals surface area contributed by atoms with E-state index in [2.05, 4.69) is 36.4 Å². The summed E-state index contributed by atoms with van der Waals surface area (Å²) in [6.45, 7) is 1.55. The second-order valence-corrected chi connectivity index (χ2v) is 7.44. The van der Waals surface area contributed by atoms with E-state index >= 15 is 0 Å². The van der Waals surface area contributed by atoms with Crippen molar-refractivity contribution in [2.75, 3.05) is 5.32 Å². The number of aryl methyl sites for hydroxylation is 1. The summed E-state index contributed by atoms with van der Waals surface area (Å²) in [7, 11) is 0. The molecule has 0 atom stereocenters. The maximum Gasteiger partial charge on any atom is 0.433 e. The molecule has 7 nitrogen and oxygen atoms in total. The lowest BCUT2D eigenvalue weighted by atomic mass is 10.2. The number of aromatic nitrogens is 5. The molecular formula is C19H13BrF4N6O. The third kappa shape index (κ3) is 4.15. The molecule has 0 fully saturated rings. The van der Waals surface area contributed by atoms with Crippen LogP contribution in [-0.2, 0) is 12.7 Å². The second-order valence-electron chi connectivity index (χ2n) is 6.65. The van der Waals surface area contributed by atoms with Crippen molar-refractivity contribution in [1.29, 1.82) is 0 Å². The Balaban J connectivity index is 1.60. The van der Waals surface area contributed by atoms with E-state index in [4.69, 9.17) is 0 Å². The highest BCUT2D eigenvalue weighted by Crippen LogP contribution is 2.32. The van der Waals surface area contributed by atoms with E-state index in [1.54, 1.807) is 18.2 Å². The van der Waals surface area contributed by atoms with Gasteiger partial charge in [-0.25, -0.2) is 13.9 Å². The molecule has 12 heteroatoms. The van der Waals surface area contributed by atoms with Crippen LogP contribution in [0.4, 0.5) is 23.2 Å². The zero-order valence-electron chi connectivity index (χ0n) is 15.8. The van der Waals surface area contributed by atoms with Crippen LogP contribution in [0.25, 0.3) is 5.65 Å². The lowest BCUT2D eigenvalue weighted by molar-refractivity contribution is -0.142. The number of amides is 1. The van der Waals surface area contributed by atoms with Crippen molar-refractivity contribution in [3.63, 3.8) is 0 Å². The molecule has 4 aromatic rings. The molecule has 1 aromatic carbocycles. The van der Waals surface area contributed by atoms with Crippen LogP contribution in [0.2, 0.25) is 0 Å². The summed E-state index contributed by atoms with van der Waals surface area (Å²) < 4.78 is 55.9. The number of nitrogens with zero attached hydrogens (tertiary/aromatic N) is 5. The normalized spacial score (nSPS) is 11.8. The molecule has 0 bridgehead atoms. The van der Waals surface area contributed by atoms with Gasteiger partial charge in [0.25, 0.3) is 5.91 Å². The maximum atomic E-state index is 13.8. The minimum Gasteiger partial charge on any atom is -0.318 e. The first kappa shape index (κ1) is 21.0. The quantitative estimate of drug-likeness (QED) is 0.423. The van der Waals surface area contributed by atoms with Crippen LogP contribution in [0.3, 0.4) is 0 Å². The number of carbonyl (C=O) groups excluding carboxylic acids is 1. The molecule has 0 radical (unpaired) electrons. The van der Waals surface area contributed by atoms with Crippen molar-refractivity contribution in [2.24, 2.45) is 0 Å². The summed E-state index contributed by atoms with van der Waals surface area (Å²) >= 11 is 3.12. The van der Waals surface area contributed by atoms with Crippen LogP contribution in [0.1, 0.15) is 27.4 Å². The molecule has 3 aromatic heterocycles. The van der Waals surface area contributed by atoms with Crippen LogP contribution in [0.15, 0.2) is 47.2 Å². The molecule has 0 aliphatic rings. The predicted molar refractivity (Wildman–Crippen MR) is 106 cm³/mol. The first-order valence-corrected chi connectivity index (χ1v) is 9.63. The van der Waals surface area contributed by atoms with Gasteiger partial charge in [-0.1, -0.05) is 18.2 Å². The van der Waals surface area contributed by atoms with Crippen LogP contribution >= 0.6 is 15.9 Å². The topological polar surface area (TPSA) is 77.1 Å². The van der Waals surface area contributed by atoms with E-state index in [-0.39, 0.29) is 39.6 Å². The smallest absolute Gasteiger partial charge is 0.318 e. The Morgan fingerprint density at radius 2 is 2.00 bits per heavy atom. The monoisotopic (exact) mass is 496 g/mol. The van der Waals surface area contributed by atoms with E-state index in [1.165, 1.54) is 30.1 Å². The zero-order chi connectivity index (χ0) is 22.3. The fraction of sp³-hybridized carbons (Fsp3) is 0.158. The standard InChI is InChI=1S/C19H13BrF4N6O/c1-10-6-14(19(22,23)24)30-17(26-10)15(20)16(28-30)18(31)27-12-7-25-29(9-12)8-11-4-2-3-5-13(11)21/h2-7,9H,8H2,1H3,(H,27,31). The summed E-state index contributed by atoms with van der Waals surface area (Å²) in [5.41, 5.74) is -0.648. The summed E-state index contributed by atoms with van der Waals surface area (Å²) in [4.78, 5) is 16.7. The number of hydrogen-bond acceptors (Lipinski definition) is 4. The zero-order valence-corrected chi connectivity index (χ0v) is 17.4. The van der Waals surface area contributed by atoms with E-state index < -0.39 is 17.8 Å². The SMILES string of the molecule is Cc1cc(C(F)(F)F)n2nc(C(=O)Nc3cnn(Cc4ccccc4F)c3)c(Br)c2n1. The van der Waals surface area contributed by atoms with E-state index in [9.17, 15) is 22.4 Å². The summed E-state index contributed by atoms with van der Waals surface area (Å²) in [6.07, 6.45) is -1.87. The van der Waals surface area contributed by atoms with Gasteiger partial charge in [-0.05, 0) is 35.0 Å². The molecule has 0 aliphatic carbocycles. The van der Waals surface area contributed by atoms with Crippen molar-refractivity contribution < 1.29 is 22.4 Å². The number of halogens is 5. The van der Waals surface area contributed by atoms with Crippen molar-refractivity contribution >= 4 is 33.2 Å². The van der Waals surface area contributed by atoms with Gasteiger partial charge in [0.05, 0.1) is 22.9 Å². The molecule has 160 valence electrons. The molecule has 0 saturated carbocycles. The molecule has 1 amide bonds. The Morgan fingerprint density at radius 3 is 2.71 bits per heavy atom. The molecule has 0 unspecified atom stereocenters. The fourth-order valence-electron chi connectivity index (χ4n) is 2.97. The Morgan fingerprint density at radius 1 is 1.26 bits per heavy atom.